The van der Waals surface area contributed by atoms with Crippen molar-refractivity contribution in [3.8, 4) is 5.75 Å². The van der Waals surface area contributed by atoms with Crippen LogP contribution in [0, 0.1) is 23.7 Å². The average molecular weight is 256 g/mol. The van der Waals surface area contributed by atoms with Crippen LogP contribution in [0.2, 0.25) is 0 Å². The molecule has 2 amide bonds. The molecule has 2 bridgehead atoms. The van der Waals surface area contributed by atoms with Gasteiger partial charge in [-0.15, -0.1) is 0 Å². The zero-order valence-corrected chi connectivity index (χ0v) is 10.1. The Hall–Kier alpha value is -2.17. The maximum absolute atomic E-state index is 12.5. The Morgan fingerprint density at radius 3 is 2.37 bits per heavy atom. The predicted molar refractivity (Wildman–Crippen MR) is 66.1 cm³/mol. The second-order valence-electron chi connectivity index (χ2n) is 5.36. The molecule has 2 fully saturated rings. The van der Waals surface area contributed by atoms with E-state index in [0.717, 1.165) is 11.3 Å². The Labute approximate surface area is 109 Å². The molecule has 1 aromatic rings. The number of aromatic hydroxyl groups is 1. The van der Waals surface area contributed by atoms with Gasteiger partial charge in [-0.1, -0.05) is 12.2 Å². The molecular weight excluding hydrogens is 244 g/mol. The van der Waals surface area contributed by atoms with Gasteiger partial charge in [-0.05, 0) is 30.4 Å². The fourth-order valence-corrected chi connectivity index (χ4v) is 3.67. The molecule has 5 heteroatoms. The third-order valence-electron chi connectivity index (χ3n) is 4.45. The molecule has 96 valence electrons. The summed E-state index contributed by atoms with van der Waals surface area (Å²) in [4.78, 5) is 30.0. The third-order valence-corrected chi connectivity index (χ3v) is 4.45. The highest BCUT2D eigenvalue weighted by Crippen LogP contribution is 2.53. The van der Waals surface area contributed by atoms with Crippen LogP contribution in [0.1, 0.15) is 6.42 Å². The number of amides is 2. The second-order valence-corrected chi connectivity index (χ2v) is 5.36. The molecule has 0 spiro atoms. The minimum atomic E-state index is -0.260. The molecule has 0 aromatic carbocycles. The van der Waals surface area contributed by atoms with E-state index in [-0.39, 0.29) is 47.1 Å². The zero-order chi connectivity index (χ0) is 13.1. The number of hydrogen-bond donors (Lipinski definition) is 1. The van der Waals surface area contributed by atoms with Crippen LogP contribution >= 0.6 is 0 Å². The standard InChI is InChI=1S/C14H12N2O3/c17-9-2-1-5-15-12(9)16-13(18)10-7-3-4-8(6-7)11(10)14(16)19/h1-5,7-8,10-11,17H,6H2/t7-,8-,10+,11+/m0/s1. The van der Waals surface area contributed by atoms with E-state index in [1.165, 1.54) is 12.3 Å². The summed E-state index contributed by atoms with van der Waals surface area (Å²) in [5.41, 5.74) is 0. The molecule has 1 aromatic heterocycles. The number of carbonyl (C=O) groups is 2. The summed E-state index contributed by atoms with van der Waals surface area (Å²) in [5, 5.41) is 9.79. The maximum Gasteiger partial charge on any atom is 0.239 e. The Kier molecular flexibility index (Phi) is 1.94. The van der Waals surface area contributed by atoms with Crippen molar-refractivity contribution in [2.75, 3.05) is 4.90 Å². The minimum Gasteiger partial charge on any atom is -0.504 e. The van der Waals surface area contributed by atoms with Gasteiger partial charge in [0.25, 0.3) is 0 Å². The molecule has 2 heterocycles. The van der Waals surface area contributed by atoms with E-state index in [9.17, 15) is 14.7 Å². The van der Waals surface area contributed by atoms with Crippen molar-refractivity contribution in [3.63, 3.8) is 0 Å². The highest BCUT2D eigenvalue weighted by atomic mass is 16.3. The summed E-state index contributed by atoms with van der Waals surface area (Å²) in [6.45, 7) is 0. The van der Waals surface area contributed by atoms with Crippen LogP contribution in [-0.2, 0) is 9.59 Å². The number of anilines is 1. The van der Waals surface area contributed by atoms with Gasteiger partial charge < -0.3 is 5.11 Å². The molecule has 1 saturated heterocycles. The van der Waals surface area contributed by atoms with E-state index in [4.69, 9.17) is 0 Å². The molecule has 2 aliphatic carbocycles. The first-order chi connectivity index (χ1) is 9.18. The summed E-state index contributed by atoms with van der Waals surface area (Å²) in [5.74, 6) is -0.699. The molecule has 5 nitrogen and oxygen atoms in total. The van der Waals surface area contributed by atoms with Crippen molar-refractivity contribution in [1.82, 2.24) is 4.98 Å². The Morgan fingerprint density at radius 1 is 1.16 bits per heavy atom. The van der Waals surface area contributed by atoms with Crippen LogP contribution in [0.3, 0.4) is 0 Å². The van der Waals surface area contributed by atoms with Crippen molar-refractivity contribution < 1.29 is 14.7 Å². The van der Waals surface area contributed by atoms with Crippen LogP contribution in [0.4, 0.5) is 5.82 Å². The SMILES string of the molecule is O=C1[C@H]2[C@H](C(=O)N1c1ncccc1O)[C@H]1C=C[C@H]2C1. The number of nitrogens with zero attached hydrogens (tertiary/aromatic N) is 2. The van der Waals surface area contributed by atoms with Gasteiger partial charge in [0, 0.05) is 6.20 Å². The maximum atomic E-state index is 12.5. The monoisotopic (exact) mass is 256 g/mol. The van der Waals surface area contributed by atoms with Gasteiger partial charge in [-0.25, -0.2) is 9.88 Å². The van der Waals surface area contributed by atoms with Gasteiger partial charge in [-0.2, -0.15) is 0 Å². The van der Waals surface area contributed by atoms with Crippen LogP contribution in [0.25, 0.3) is 0 Å². The third kappa shape index (κ3) is 1.22. The summed E-state index contributed by atoms with van der Waals surface area (Å²) in [6.07, 6.45) is 6.45. The number of carbonyl (C=O) groups excluding carboxylic acids is 2. The van der Waals surface area contributed by atoms with E-state index >= 15 is 0 Å². The number of aromatic nitrogens is 1. The zero-order valence-electron chi connectivity index (χ0n) is 10.1. The van der Waals surface area contributed by atoms with Gasteiger partial charge in [0.05, 0.1) is 11.8 Å². The highest BCUT2D eigenvalue weighted by Gasteiger charge is 2.60. The molecule has 19 heavy (non-hydrogen) atoms. The number of hydrogen-bond acceptors (Lipinski definition) is 4. The second kappa shape index (κ2) is 3.44. The van der Waals surface area contributed by atoms with Crippen molar-refractivity contribution in [2.24, 2.45) is 23.7 Å². The summed E-state index contributed by atoms with van der Waals surface area (Å²) < 4.78 is 0. The highest BCUT2D eigenvalue weighted by molar-refractivity contribution is 6.22. The molecule has 0 unspecified atom stereocenters. The topological polar surface area (TPSA) is 70.5 Å². The molecule has 4 rings (SSSR count). The molecule has 3 aliphatic rings. The summed E-state index contributed by atoms with van der Waals surface area (Å²) in [7, 11) is 0. The number of rotatable bonds is 1. The largest absolute Gasteiger partial charge is 0.504 e. The van der Waals surface area contributed by atoms with Crippen LogP contribution in [-0.4, -0.2) is 21.9 Å². The Morgan fingerprint density at radius 2 is 1.79 bits per heavy atom. The lowest BCUT2D eigenvalue weighted by molar-refractivity contribution is -0.123. The summed E-state index contributed by atoms with van der Waals surface area (Å²) in [6, 6.07) is 3.00. The fraction of sp³-hybridized carbons (Fsp3) is 0.357. The van der Waals surface area contributed by atoms with Gasteiger partial charge in [0.1, 0.15) is 0 Å². The van der Waals surface area contributed by atoms with Crippen LogP contribution in [0.5, 0.6) is 5.75 Å². The molecule has 4 atom stereocenters. The molecular formula is C14H12N2O3. The Bertz CT molecular complexity index is 595. The quantitative estimate of drug-likeness (QED) is 0.603. The van der Waals surface area contributed by atoms with Crippen molar-refractivity contribution in [3.05, 3.63) is 30.5 Å². The number of pyridine rings is 1. The minimum absolute atomic E-state index is 0.0614. The van der Waals surface area contributed by atoms with E-state index in [0.29, 0.717) is 0 Å². The fourth-order valence-electron chi connectivity index (χ4n) is 3.67. The normalized spacial score (nSPS) is 35.3. The molecule has 1 saturated carbocycles. The molecule has 0 radical (unpaired) electrons. The van der Waals surface area contributed by atoms with E-state index in [2.05, 4.69) is 4.98 Å². The number of fused-ring (bicyclic) bond motifs is 5. The van der Waals surface area contributed by atoms with Gasteiger partial charge in [0.15, 0.2) is 11.6 Å². The summed E-state index contributed by atoms with van der Waals surface area (Å²) >= 11 is 0. The first kappa shape index (κ1) is 10.7. The lowest BCUT2D eigenvalue weighted by Crippen LogP contribution is -2.33. The van der Waals surface area contributed by atoms with E-state index in [1.54, 1.807) is 6.07 Å². The van der Waals surface area contributed by atoms with Crippen molar-refractivity contribution in [1.29, 1.82) is 0 Å². The average Bonchev–Trinajstić information content (AvgIpc) is 3.06. The lowest BCUT2D eigenvalue weighted by atomic mass is 9.85. The lowest BCUT2D eigenvalue weighted by Gasteiger charge is -2.16. The number of allylic oxidation sites excluding steroid dienone is 2. The van der Waals surface area contributed by atoms with Crippen molar-refractivity contribution >= 4 is 17.6 Å². The molecule has 1 aliphatic heterocycles. The molecule has 1 N–H and O–H groups in total. The number of imide groups is 1. The smallest absolute Gasteiger partial charge is 0.239 e. The van der Waals surface area contributed by atoms with Crippen LogP contribution < -0.4 is 4.90 Å². The van der Waals surface area contributed by atoms with Gasteiger partial charge in [0.2, 0.25) is 11.8 Å². The first-order valence-electron chi connectivity index (χ1n) is 6.38. The van der Waals surface area contributed by atoms with Gasteiger partial charge >= 0.3 is 0 Å². The van der Waals surface area contributed by atoms with E-state index < -0.39 is 0 Å². The first-order valence-corrected chi connectivity index (χ1v) is 6.38. The Balaban J connectivity index is 1.79. The van der Waals surface area contributed by atoms with E-state index in [1.807, 2.05) is 12.2 Å². The van der Waals surface area contributed by atoms with Gasteiger partial charge in [-0.3, -0.25) is 9.59 Å². The van der Waals surface area contributed by atoms with Crippen LogP contribution in [0.15, 0.2) is 30.5 Å². The predicted octanol–water partition coefficient (Wildman–Crippen LogP) is 1.10. The van der Waals surface area contributed by atoms with Crippen molar-refractivity contribution in [2.45, 2.75) is 6.42 Å².